The van der Waals surface area contributed by atoms with Crippen LogP contribution < -0.4 is 15.5 Å². The molecule has 0 unspecified atom stereocenters. The number of rotatable bonds is 5. The number of aromatic nitrogens is 2. The van der Waals surface area contributed by atoms with Gasteiger partial charge in [0.1, 0.15) is 0 Å². The minimum Gasteiger partial charge on any atom is -0.318 e. The van der Waals surface area contributed by atoms with Gasteiger partial charge in [-0.3, -0.25) is 9.48 Å². The van der Waals surface area contributed by atoms with E-state index in [0.717, 1.165) is 36.3 Å². The Morgan fingerprint density at radius 3 is 2.80 bits per heavy atom. The topological polar surface area (TPSA) is 62.2 Å². The number of hydrogen-bond donors (Lipinski definition) is 2. The van der Waals surface area contributed by atoms with Crippen LogP contribution in [0.2, 0.25) is 0 Å². The average molecular weight is 341 g/mol. The molecule has 6 nitrogen and oxygen atoms in total. The van der Waals surface area contributed by atoms with Gasteiger partial charge in [-0.15, -0.1) is 0 Å². The Morgan fingerprint density at radius 1 is 1.32 bits per heavy atom. The van der Waals surface area contributed by atoms with Gasteiger partial charge in [-0.2, -0.15) is 5.10 Å². The standard InChI is InChI=1S/C19H27N5O/c1-13-9-18(21-4)17-10-15(5-6-19(17)24(13)14(2)25)16-11-22-23(12-16)8-7-20-3/h5-6,10-13,18,20-21H,7-9H2,1-4H3/t13-,18+/m0/s1. The summed E-state index contributed by atoms with van der Waals surface area (Å²) in [6.45, 7) is 5.48. The van der Waals surface area contributed by atoms with Crippen LogP contribution in [0.15, 0.2) is 30.6 Å². The van der Waals surface area contributed by atoms with Gasteiger partial charge in [0.25, 0.3) is 0 Å². The molecule has 2 aromatic rings. The van der Waals surface area contributed by atoms with E-state index in [4.69, 9.17) is 0 Å². The van der Waals surface area contributed by atoms with Gasteiger partial charge < -0.3 is 15.5 Å². The molecule has 1 aliphatic rings. The van der Waals surface area contributed by atoms with E-state index >= 15 is 0 Å². The largest absolute Gasteiger partial charge is 0.318 e. The monoisotopic (exact) mass is 341 g/mol. The van der Waals surface area contributed by atoms with Gasteiger partial charge in [-0.05, 0) is 50.7 Å². The predicted molar refractivity (Wildman–Crippen MR) is 101 cm³/mol. The summed E-state index contributed by atoms with van der Waals surface area (Å²) >= 11 is 0. The summed E-state index contributed by atoms with van der Waals surface area (Å²) in [5, 5.41) is 11.0. The van der Waals surface area contributed by atoms with E-state index in [-0.39, 0.29) is 18.0 Å². The molecule has 0 aliphatic carbocycles. The maximum atomic E-state index is 12.1. The number of likely N-dealkylation sites (N-methyl/N-ethyl adjacent to an activating group) is 1. The third-order valence-corrected chi connectivity index (χ3v) is 4.93. The van der Waals surface area contributed by atoms with Gasteiger partial charge in [-0.1, -0.05) is 6.07 Å². The summed E-state index contributed by atoms with van der Waals surface area (Å²) in [5.74, 6) is 0.0935. The van der Waals surface area contributed by atoms with Crippen LogP contribution in [0.1, 0.15) is 31.9 Å². The molecule has 0 saturated carbocycles. The van der Waals surface area contributed by atoms with Crippen LogP contribution in [0, 0.1) is 0 Å². The molecule has 0 spiro atoms. The van der Waals surface area contributed by atoms with Crippen LogP contribution in [-0.4, -0.2) is 42.4 Å². The first-order valence-corrected chi connectivity index (χ1v) is 8.83. The van der Waals surface area contributed by atoms with Crippen molar-refractivity contribution in [3.8, 4) is 11.1 Å². The Hall–Kier alpha value is -2.18. The second-order valence-electron chi connectivity index (χ2n) is 6.68. The maximum Gasteiger partial charge on any atom is 0.224 e. The van der Waals surface area contributed by atoms with E-state index in [0.29, 0.717) is 0 Å². The number of nitrogens with one attached hydrogen (secondary N) is 2. The number of amides is 1. The van der Waals surface area contributed by atoms with Crippen molar-refractivity contribution in [2.75, 3.05) is 25.5 Å². The van der Waals surface area contributed by atoms with E-state index in [1.165, 1.54) is 5.56 Å². The molecule has 2 N–H and O–H groups in total. The van der Waals surface area contributed by atoms with Crippen molar-refractivity contribution in [2.45, 2.75) is 38.9 Å². The minimum atomic E-state index is 0.0935. The van der Waals surface area contributed by atoms with Crippen LogP contribution in [0.5, 0.6) is 0 Å². The maximum absolute atomic E-state index is 12.1. The van der Waals surface area contributed by atoms with E-state index in [9.17, 15) is 4.79 Å². The quantitative estimate of drug-likeness (QED) is 0.875. The minimum absolute atomic E-state index is 0.0935. The lowest BCUT2D eigenvalue weighted by Crippen LogP contribution is -2.44. The number of benzene rings is 1. The summed E-state index contributed by atoms with van der Waals surface area (Å²) < 4.78 is 1.95. The van der Waals surface area contributed by atoms with Gasteiger partial charge in [0.05, 0.1) is 12.7 Å². The molecule has 6 heteroatoms. The first-order valence-electron chi connectivity index (χ1n) is 8.83. The predicted octanol–water partition coefficient (Wildman–Crippen LogP) is 2.18. The van der Waals surface area contributed by atoms with Crippen molar-refractivity contribution in [3.63, 3.8) is 0 Å². The zero-order valence-electron chi connectivity index (χ0n) is 15.4. The van der Waals surface area contributed by atoms with E-state index < -0.39 is 0 Å². The third-order valence-electron chi connectivity index (χ3n) is 4.93. The molecule has 1 aliphatic heterocycles. The molecule has 134 valence electrons. The van der Waals surface area contributed by atoms with Gasteiger partial charge in [0, 0.05) is 43.0 Å². The normalized spacial score (nSPS) is 19.8. The molecule has 0 bridgehead atoms. The van der Waals surface area contributed by atoms with Gasteiger partial charge in [0.2, 0.25) is 5.91 Å². The number of hydrogen-bond acceptors (Lipinski definition) is 4. The van der Waals surface area contributed by atoms with E-state index in [2.05, 4.69) is 47.1 Å². The van der Waals surface area contributed by atoms with Gasteiger partial charge in [0.15, 0.2) is 0 Å². The van der Waals surface area contributed by atoms with Gasteiger partial charge in [-0.25, -0.2) is 0 Å². The van der Waals surface area contributed by atoms with Crippen LogP contribution >= 0.6 is 0 Å². The Morgan fingerprint density at radius 2 is 2.12 bits per heavy atom. The van der Waals surface area contributed by atoms with Crippen molar-refractivity contribution >= 4 is 11.6 Å². The molecule has 2 atom stereocenters. The Kier molecular flexibility index (Phi) is 5.20. The number of carbonyl (C=O) groups is 1. The Bertz CT molecular complexity index is 754. The highest BCUT2D eigenvalue weighted by molar-refractivity contribution is 5.94. The summed E-state index contributed by atoms with van der Waals surface area (Å²) in [7, 11) is 3.92. The number of nitrogens with zero attached hydrogens (tertiary/aromatic N) is 3. The summed E-state index contributed by atoms with van der Waals surface area (Å²) in [6, 6.07) is 6.78. The zero-order valence-corrected chi connectivity index (χ0v) is 15.4. The van der Waals surface area contributed by atoms with Crippen molar-refractivity contribution in [1.82, 2.24) is 20.4 Å². The summed E-state index contributed by atoms with van der Waals surface area (Å²) in [5.41, 5.74) is 4.42. The lowest BCUT2D eigenvalue weighted by Gasteiger charge is -2.39. The molecule has 25 heavy (non-hydrogen) atoms. The lowest BCUT2D eigenvalue weighted by atomic mass is 9.89. The highest BCUT2D eigenvalue weighted by atomic mass is 16.2. The van der Waals surface area contributed by atoms with Crippen molar-refractivity contribution in [2.24, 2.45) is 0 Å². The molecule has 1 aromatic carbocycles. The third kappa shape index (κ3) is 3.45. The Labute approximate surface area is 149 Å². The second-order valence-corrected chi connectivity index (χ2v) is 6.68. The van der Waals surface area contributed by atoms with Crippen molar-refractivity contribution in [3.05, 3.63) is 36.2 Å². The van der Waals surface area contributed by atoms with Crippen LogP contribution in [0.25, 0.3) is 11.1 Å². The molecule has 1 amide bonds. The van der Waals surface area contributed by atoms with E-state index in [1.807, 2.05) is 29.9 Å². The molecule has 0 radical (unpaired) electrons. The smallest absolute Gasteiger partial charge is 0.224 e. The van der Waals surface area contributed by atoms with Crippen LogP contribution in [0.4, 0.5) is 5.69 Å². The van der Waals surface area contributed by atoms with Gasteiger partial charge >= 0.3 is 0 Å². The molecular formula is C19H27N5O. The molecule has 3 rings (SSSR count). The summed E-state index contributed by atoms with van der Waals surface area (Å²) in [6.07, 6.45) is 4.88. The Balaban J connectivity index is 1.97. The highest BCUT2D eigenvalue weighted by Gasteiger charge is 2.31. The molecule has 0 saturated heterocycles. The first kappa shape index (κ1) is 17.6. The van der Waals surface area contributed by atoms with Crippen LogP contribution in [0.3, 0.4) is 0 Å². The zero-order chi connectivity index (χ0) is 18.0. The number of anilines is 1. The fraction of sp³-hybridized carbons (Fsp3) is 0.474. The highest BCUT2D eigenvalue weighted by Crippen LogP contribution is 2.39. The molecule has 1 aromatic heterocycles. The lowest BCUT2D eigenvalue weighted by molar-refractivity contribution is -0.117. The summed E-state index contributed by atoms with van der Waals surface area (Å²) in [4.78, 5) is 14.0. The fourth-order valence-corrected chi connectivity index (χ4v) is 3.66. The average Bonchev–Trinajstić information content (AvgIpc) is 3.07. The second kappa shape index (κ2) is 7.37. The molecule has 2 heterocycles. The number of fused-ring (bicyclic) bond motifs is 1. The first-order chi connectivity index (χ1) is 12.0. The molecular weight excluding hydrogens is 314 g/mol. The van der Waals surface area contributed by atoms with Crippen LogP contribution in [-0.2, 0) is 11.3 Å². The SMILES string of the molecule is CNCCn1cc(-c2ccc3c(c2)[C@H](NC)C[C@H](C)N3C(C)=O)cn1. The number of carbonyl (C=O) groups excluding carboxylic acids is 1. The fourth-order valence-electron chi connectivity index (χ4n) is 3.66. The molecule has 0 fully saturated rings. The van der Waals surface area contributed by atoms with E-state index in [1.54, 1.807) is 6.92 Å². The van der Waals surface area contributed by atoms with Crippen molar-refractivity contribution in [1.29, 1.82) is 0 Å². The van der Waals surface area contributed by atoms with Crippen molar-refractivity contribution < 1.29 is 4.79 Å².